The monoisotopic (exact) mass is 664 g/mol. The van der Waals surface area contributed by atoms with Gasteiger partial charge in [0.15, 0.2) is 0 Å². The molecule has 13 heteroatoms. The van der Waals surface area contributed by atoms with Gasteiger partial charge in [-0.15, -0.1) is 0 Å². The van der Waals surface area contributed by atoms with Crippen molar-refractivity contribution in [2.75, 3.05) is 38.7 Å². The van der Waals surface area contributed by atoms with Crippen LogP contribution in [-0.4, -0.2) is 109 Å². The van der Waals surface area contributed by atoms with E-state index in [9.17, 15) is 35.5 Å². The number of unbranched alkanes of at least 4 members (excludes halogenated alkanes) is 16. The zero-order chi connectivity index (χ0) is 32.3. The number of carbonyl (C=O) groups is 2. The summed E-state index contributed by atoms with van der Waals surface area (Å²) in [5, 5.41) is 0. The second kappa shape index (κ2) is 30.2. The Morgan fingerprint density at radius 3 is 0.953 bits per heavy atom. The van der Waals surface area contributed by atoms with Crippen LogP contribution in [0.3, 0.4) is 0 Å². The Kier molecular flexibility index (Phi) is 33.0. The van der Waals surface area contributed by atoms with Gasteiger partial charge < -0.3 is 18.9 Å². The maximum atomic E-state index is 11.7. The Morgan fingerprint density at radius 1 is 0.488 bits per heavy atom. The van der Waals surface area contributed by atoms with Gasteiger partial charge in [-0.3, -0.25) is 9.59 Å². The molecule has 0 spiro atoms. The normalized spacial score (nSPS) is 11.3. The molecular weight excluding hydrogens is 605 g/mol. The molecule has 10 nitrogen and oxygen atoms in total. The smallest absolute Gasteiger partial charge is 0.748 e. The molecule has 0 saturated heterocycles. The molecular formula is C30H60MgN2O8S2. The first-order chi connectivity index (χ1) is 19.7. The molecule has 0 aliphatic rings. The van der Waals surface area contributed by atoms with Crippen molar-refractivity contribution < 1.29 is 35.5 Å². The Morgan fingerprint density at radius 2 is 0.721 bits per heavy atom. The van der Waals surface area contributed by atoms with Crippen LogP contribution in [0.25, 0.3) is 0 Å². The molecule has 0 unspecified atom stereocenters. The van der Waals surface area contributed by atoms with Crippen LogP contribution in [0.15, 0.2) is 0 Å². The number of nitrogens with zero attached hydrogens (tertiary/aromatic N) is 2. The fraction of sp³-hybridized carbons (Fsp3) is 0.933. The first kappa shape index (κ1) is 46.9. The van der Waals surface area contributed by atoms with Gasteiger partial charge in [-0.05, 0) is 12.8 Å². The van der Waals surface area contributed by atoms with Gasteiger partial charge in [0.05, 0.1) is 31.7 Å². The molecule has 0 rings (SSSR count). The molecule has 0 aromatic heterocycles. The molecule has 0 aromatic carbocycles. The molecule has 0 atom stereocenters. The molecule has 0 N–H and O–H groups in total. The van der Waals surface area contributed by atoms with Crippen molar-refractivity contribution in [1.82, 2.24) is 9.80 Å². The Bertz CT molecular complexity index is 815. The average Bonchev–Trinajstić information content (AvgIpc) is 2.92. The van der Waals surface area contributed by atoms with E-state index in [1.165, 1.54) is 86.8 Å². The van der Waals surface area contributed by atoms with Gasteiger partial charge in [0.2, 0.25) is 11.8 Å². The number of hydrogen-bond acceptors (Lipinski definition) is 8. The number of amides is 2. The summed E-state index contributed by atoms with van der Waals surface area (Å²) in [5.41, 5.74) is 0. The zero-order valence-corrected chi connectivity index (χ0v) is 30.7. The summed E-state index contributed by atoms with van der Waals surface area (Å²) < 4.78 is 62.9. The van der Waals surface area contributed by atoms with Crippen molar-refractivity contribution >= 4 is 55.1 Å². The third-order valence-corrected chi connectivity index (χ3v) is 8.56. The average molecular weight is 665 g/mol. The first-order valence-corrected chi connectivity index (χ1v) is 19.2. The summed E-state index contributed by atoms with van der Waals surface area (Å²) in [6, 6.07) is 0. The van der Waals surface area contributed by atoms with Crippen molar-refractivity contribution in [2.45, 2.75) is 142 Å². The maximum Gasteiger partial charge on any atom is 2.00 e. The van der Waals surface area contributed by atoms with E-state index in [2.05, 4.69) is 13.8 Å². The second-order valence-corrected chi connectivity index (χ2v) is 14.4. The van der Waals surface area contributed by atoms with Gasteiger partial charge in [0, 0.05) is 40.0 Å². The van der Waals surface area contributed by atoms with E-state index in [-0.39, 0.29) is 48.0 Å². The van der Waals surface area contributed by atoms with Crippen molar-refractivity contribution in [1.29, 1.82) is 0 Å². The summed E-state index contributed by atoms with van der Waals surface area (Å²) in [7, 11) is -5.39. The Hall–Kier alpha value is -0.474. The van der Waals surface area contributed by atoms with Crippen LogP contribution < -0.4 is 0 Å². The molecule has 0 fully saturated rings. The number of hydrogen-bond donors (Lipinski definition) is 0. The number of rotatable bonds is 26. The minimum Gasteiger partial charge on any atom is -0.748 e. The third-order valence-electron chi connectivity index (χ3n) is 7.19. The van der Waals surface area contributed by atoms with Gasteiger partial charge in [-0.25, -0.2) is 16.8 Å². The zero-order valence-electron chi connectivity index (χ0n) is 27.7. The molecule has 0 bridgehead atoms. The van der Waals surface area contributed by atoms with Crippen LogP contribution >= 0.6 is 0 Å². The largest absolute Gasteiger partial charge is 2.00 e. The molecule has 252 valence electrons. The minimum atomic E-state index is -4.24. The second-order valence-electron chi connectivity index (χ2n) is 11.3. The predicted molar refractivity (Wildman–Crippen MR) is 174 cm³/mol. The van der Waals surface area contributed by atoms with E-state index in [1.807, 2.05) is 0 Å². The van der Waals surface area contributed by atoms with Crippen LogP contribution in [0.4, 0.5) is 0 Å². The van der Waals surface area contributed by atoms with E-state index in [4.69, 9.17) is 0 Å². The van der Waals surface area contributed by atoms with Gasteiger partial charge in [-0.1, -0.05) is 117 Å². The van der Waals surface area contributed by atoms with E-state index < -0.39 is 31.7 Å². The van der Waals surface area contributed by atoms with Crippen LogP contribution in [0.1, 0.15) is 142 Å². The van der Waals surface area contributed by atoms with E-state index in [0.29, 0.717) is 12.8 Å². The van der Waals surface area contributed by atoms with Crippen LogP contribution in [0, 0.1) is 0 Å². The molecule has 43 heavy (non-hydrogen) atoms. The van der Waals surface area contributed by atoms with Crippen molar-refractivity contribution in [3.05, 3.63) is 0 Å². The van der Waals surface area contributed by atoms with E-state index in [0.717, 1.165) is 38.5 Å². The van der Waals surface area contributed by atoms with Gasteiger partial charge in [-0.2, -0.15) is 0 Å². The summed E-state index contributed by atoms with van der Waals surface area (Å²) in [4.78, 5) is 26.1. The molecule has 0 aromatic rings. The summed E-state index contributed by atoms with van der Waals surface area (Å²) in [6.45, 7) is 4.39. The van der Waals surface area contributed by atoms with Crippen molar-refractivity contribution in [3.63, 3.8) is 0 Å². The summed E-state index contributed by atoms with van der Waals surface area (Å²) in [5.74, 6) is -1.18. The molecule has 0 aliphatic heterocycles. The van der Waals surface area contributed by atoms with Crippen LogP contribution in [0.2, 0.25) is 0 Å². The Labute approximate surface area is 280 Å². The molecule has 2 amide bonds. The molecule has 0 aliphatic carbocycles. The fourth-order valence-electron chi connectivity index (χ4n) is 4.30. The third kappa shape index (κ3) is 37.6. The van der Waals surface area contributed by atoms with Gasteiger partial charge in [0.1, 0.15) is 0 Å². The first-order valence-electron chi connectivity index (χ1n) is 16.1. The fourth-order valence-corrected chi connectivity index (χ4v) is 5.30. The quantitative estimate of drug-likeness (QED) is 0.0672. The van der Waals surface area contributed by atoms with E-state index >= 15 is 0 Å². The van der Waals surface area contributed by atoms with Gasteiger partial charge in [0.25, 0.3) is 0 Å². The number of carbonyl (C=O) groups excluding carboxylic acids is 2. The predicted octanol–water partition coefficient (Wildman–Crippen LogP) is 5.44. The maximum absolute atomic E-state index is 11.7. The van der Waals surface area contributed by atoms with Crippen molar-refractivity contribution in [2.24, 2.45) is 0 Å². The van der Waals surface area contributed by atoms with Crippen molar-refractivity contribution in [3.8, 4) is 0 Å². The topological polar surface area (TPSA) is 155 Å². The Balaban J connectivity index is -0.000000727. The standard InChI is InChI=1S/2C15H31NO4S.Mg/c2*1-3-4-5-6-7-8-9-10-11-12-15(17)16(2)13-14-21(18,19)20;/h2*3-14H2,1-2H3,(H,18,19,20);/q;;+2/p-2. The van der Waals surface area contributed by atoms with E-state index in [1.54, 1.807) is 14.1 Å². The molecule has 0 saturated carbocycles. The summed E-state index contributed by atoms with van der Waals surface area (Å²) >= 11 is 0. The van der Waals surface area contributed by atoms with Crippen LogP contribution in [0.5, 0.6) is 0 Å². The SMILES string of the molecule is CCCCCCCCCCCC(=O)N(C)CCS(=O)(=O)[O-].CCCCCCCCCCCC(=O)N(C)CCS(=O)(=O)[O-].[Mg+2]. The minimum absolute atomic E-state index is 0. The van der Waals surface area contributed by atoms with Crippen LogP contribution in [-0.2, 0) is 29.8 Å². The molecule has 0 heterocycles. The molecule has 0 radical (unpaired) electrons. The summed E-state index contributed by atoms with van der Waals surface area (Å²) in [6.07, 6.45) is 22.3. The van der Waals surface area contributed by atoms with Gasteiger partial charge >= 0.3 is 23.1 Å².